The topological polar surface area (TPSA) is 43.4 Å². The molecule has 0 aromatic heterocycles. The lowest BCUT2D eigenvalue weighted by Crippen LogP contribution is -2.49. The lowest BCUT2D eigenvalue weighted by atomic mass is 10.2. The van der Waals surface area contributed by atoms with E-state index in [1.807, 2.05) is 6.07 Å². The summed E-state index contributed by atoms with van der Waals surface area (Å²) in [7, 11) is -5.02. The van der Waals surface area contributed by atoms with Crippen molar-refractivity contribution in [3.05, 3.63) is 30.3 Å². The van der Waals surface area contributed by atoms with Crippen molar-refractivity contribution < 1.29 is 12.8 Å². The monoisotopic (exact) mass is 398 g/mol. The van der Waals surface area contributed by atoms with Crippen molar-refractivity contribution in [1.29, 1.82) is 0 Å². The van der Waals surface area contributed by atoms with Gasteiger partial charge in [-0.3, -0.25) is 0 Å². The van der Waals surface area contributed by atoms with Crippen LogP contribution in [-0.4, -0.2) is 28.6 Å². The lowest BCUT2D eigenvalue weighted by molar-refractivity contribution is 0.179. The Morgan fingerprint density at radius 2 is 1.35 bits per heavy atom. The van der Waals surface area contributed by atoms with E-state index >= 15 is 0 Å². The summed E-state index contributed by atoms with van der Waals surface area (Å²) >= 11 is 0. The molecule has 1 aromatic rings. The van der Waals surface area contributed by atoms with Gasteiger partial charge in [0, 0.05) is 6.10 Å². The van der Waals surface area contributed by atoms with Gasteiger partial charge in [-0.05, 0) is 54.9 Å². The van der Waals surface area contributed by atoms with Gasteiger partial charge in [0.05, 0.1) is 10.6 Å². The van der Waals surface area contributed by atoms with Crippen LogP contribution in [-0.2, 0) is 14.3 Å². The molecule has 5 heteroatoms. The van der Waals surface area contributed by atoms with E-state index < -0.39 is 18.2 Å². The molecular weight excluding hydrogens is 360 g/mol. The Balaban J connectivity index is 2.57. The Kier molecular flexibility index (Phi) is 9.04. The van der Waals surface area contributed by atoms with Gasteiger partial charge in [-0.2, -0.15) is 0 Å². The zero-order valence-electron chi connectivity index (χ0n) is 17.7. The van der Waals surface area contributed by atoms with Gasteiger partial charge in [0.25, 0.3) is 0 Å². The van der Waals surface area contributed by atoms with E-state index in [9.17, 15) is 8.42 Å². The minimum atomic E-state index is -3.17. The van der Waals surface area contributed by atoms with Gasteiger partial charge in [0.1, 0.15) is 0 Å². The smallest absolute Gasteiger partial charge is 0.200 e. The Labute approximate surface area is 162 Å². The summed E-state index contributed by atoms with van der Waals surface area (Å²) < 4.78 is 31.4. The molecule has 0 unspecified atom stereocenters. The maximum atomic E-state index is 12.3. The van der Waals surface area contributed by atoms with Crippen LogP contribution in [0, 0.1) is 0 Å². The molecule has 0 amide bonds. The molecular formula is C21H38O3SSi. The number of unbranched alkanes of at least 4 members (excludes halogenated alkanes) is 1. The number of hydrogen-bond acceptors (Lipinski definition) is 3. The fraction of sp³-hybridized carbons (Fsp3) is 0.714. The van der Waals surface area contributed by atoms with Gasteiger partial charge in [0.2, 0.25) is 8.32 Å². The maximum absolute atomic E-state index is 12.3. The molecule has 150 valence electrons. The fourth-order valence-corrected chi connectivity index (χ4v) is 11.3. The second kappa shape index (κ2) is 10.0. The summed E-state index contributed by atoms with van der Waals surface area (Å²) in [6, 6.07) is 8.74. The summed E-state index contributed by atoms with van der Waals surface area (Å²) in [5, 5.41) is 0. The zero-order chi connectivity index (χ0) is 20.0. The van der Waals surface area contributed by atoms with E-state index in [-0.39, 0.29) is 11.9 Å². The molecule has 0 saturated carbocycles. The lowest BCUT2D eigenvalue weighted by Gasteiger charge is -2.44. The van der Waals surface area contributed by atoms with Gasteiger partial charge in [-0.1, -0.05) is 59.7 Å². The van der Waals surface area contributed by atoms with Gasteiger partial charge >= 0.3 is 0 Å². The van der Waals surface area contributed by atoms with E-state index in [0.717, 1.165) is 12.8 Å². The van der Waals surface area contributed by atoms with Crippen LogP contribution in [0.4, 0.5) is 0 Å². The average molecular weight is 399 g/mol. The fourth-order valence-electron chi connectivity index (χ4n) is 4.29. The highest BCUT2D eigenvalue weighted by Crippen LogP contribution is 2.43. The molecule has 3 nitrogen and oxygen atoms in total. The van der Waals surface area contributed by atoms with Crippen LogP contribution >= 0.6 is 0 Å². The third-order valence-electron chi connectivity index (χ3n) is 5.49. The molecule has 0 spiro atoms. The molecule has 1 aromatic carbocycles. The summed E-state index contributed by atoms with van der Waals surface area (Å²) in [6.07, 6.45) is 2.68. The third-order valence-corrected chi connectivity index (χ3v) is 13.5. The van der Waals surface area contributed by atoms with Crippen molar-refractivity contribution in [2.45, 2.75) is 95.4 Å². The first-order valence-electron chi connectivity index (χ1n) is 9.99. The van der Waals surface area contributed by atoms with Crippen LogP contribution in [0.15, 0.2) is 35.2 Å². The van der Waals surface area contributed by atoms with Crippen LogP contribution in [0.3, 0.4) is 0 Å². The van der Waals surface area contributed by atoms with Gasteiger partial charge < -0.3 is 4.43 Å². The molecule has 0 aliphatic carbocycles. The van der Waals surface area contributed by atoms with Crippen LogP contribution in [0.1, 0.15) is 67.7 Å². The molecule has 0 heterocycles. The molecule has 0 bridgehead atoms. The SMILES string of the molecule is CC(C)[Si](O[C@H](C)CCCCS(=O)(=O)c1ccccc1)(C(C)C)C(C)C. The van der Waals surface area contributed by atoms with Crippen molar-refractivity contribution in [2.75, 3.05) is 5.75 Å². The normalized spacial score (nSPS) is 14.4. The molecule has 0 saturated heterocycles. The van der Waals surface area contributed by atoms with Crippen molar-refractivity contribution >= 4 is 18.2 Å². The Hall–Kier alpha value is -0.653. The predicted molar refractivity (Wildman–Crippen MR) is 114 cm³/mol. The first-order chi connectivity index (χ1) is 12.0. The standard InChI is InChI=1S/C21H38O3SSi/c1-17(2)26(18(3)4,19(5)6)24-20(7)13-11-12-16-25(22,23)21-14-9-8-10-15-21/h8-10,14-15,17-20H,11-13,16H2,1-7H3/t20-/m1/s1. The summed E-state index contributed by atoms with van der Waals surface area (Å²) in [5.74, 6) is 0.213. The maximum Gasteiger partial charge on any atom is 0.200 e. The van der Waals surface area contributed by atoms with Gasteiger partial charge in [-0.15, -0.1) is 0 Å². The quantitative estimate of drug-likeness (QED) is 0.329. The Bertz CT molecular complexity index is 602. The van der Waals surface area contributed by atoms with Crippen LogP contribution in [0.2, 0.25) is 16.6 Å². The van der Waals surface area contributed by atoms with E-state index in [0.29, 0.717) is 27.9 Å². The van der Waals surface area contributed by atoms with Crippen LogP contribution in [0.5, 0.6) is 0 Å². The molecule has 0 N–H and O–H groups in total. The predicted octanol–water partition coefficient (Wildman–Crippen LogP) is 6.21. The molecule has 26 heavy (non-hydrogen) atoms. The first kappa shape index (κ1) is 23.4. The zero-order valence-corrected chi connectivity index (χ0v) is 19.5. The Morgan fingerprint density at radius 1 is 0.846 bits per heavy atom. The third kappa shape index (κ3) is 5.93. The van der Waals surface area contributed by atoms with Gasteiger partial charge in [0.15, 0.2) is 9.84 Å². The number of sulfone groups is 1. The van der Waals surface area contributed by atoms with Crippen molar-refractivity contribution in [3.8, 4) is 0 Å². The highest BCUT2D eigenvalue weighted by molar-refractivity contribution is 7.91. The van der Waals surface area contributed by atoms with Crippen molar-refractivity contribution in [2.24, 2.45) is 0 Å². The van der Waals surface area contributed by atoms with Crippen LogP contribution < -0.4 is 0 Å². The van der Waals surface area contributed by atoms with Crippen molar-refractivity contribution in [1.82, 2.24) is 0 Å². The van der Waals surface area contributed by atoms with Crippen molar-refractivity contribution in [3.63, 3.8) is 0 Å². The second-order valence-electron chi connectivity index (χ2n) is 8.37. The molecule has 1 rings (SSSR count). The minimum absolute atomic E-state index is 0.188. The van der Waals surface area contributed by atoms with E-state index in [1.54, 1.807) is 24.3 Å². The number of benzene rings is 1. The molecule has 0 fully saturated rings. The highest BCUT2D eigenvalue weighted by Gasteiger charge is 2.45. The summed E-state index contributed by atoms with van der Waals surface area (Å²) in [6.45, 7) is 15.9. The highest BCUT2D eigenvalue weighted by atomic mass is 32.2. The number of rotatable bonds is 11. The molecule has 0 radical (unpaired) electrons. The number of hydrogen-bond donors (Lipinski definition) is 0. The summed E-state index contributed by atoms with van der Waals surface area (Å²) in [5.41, 5.74) is 1.72. The largest absolute Gasteiger partial charge is 0.413 e. The van der Waals surface area contributed by atoms with E-state index in [1.165, 1.54) is 0 Å². The average Bonchev–Trinajstić information content (AvgIpc) is 2.56. The Morgan fingerprint density at radius 3 is 1.81 bits per heavy atom. The van der Waals surface area contributed by atoms with E-state index in [4.69, 9.17) is 4.43 Å². The molecule has 0 aliphatic heterocycles. The summed E-state index contributed by atoms with van der Waals surface area (Å²) in [4.78, 5) is 0.426. The van der Waals surface area contributed by atoms with E-state index in [2.05, 4.69) is 48.5 Å². The molecule has 1 atom stereocenters. The molecule has 0 aliphatic rings. The first-order valence-corrected chi connectivity index (χ1v) is 13.8. The second-order valence-corrected chi connectivity index (χ2v) is 15.9. The van der Waals surface area contributed by atoms with Gasteiger partial charge in [-0.25, -0.2) is 8.42 Å². The minimum Gasteiger partial charge on any atom is -0.413 e. The van der Waals surface area contributed by atoms with Crippen LogP contribution in [0.25, 0.3) is 0 Å².